The molecule has 3 N–H and O–H groups in total. The number of hydrogen-bond donors (Lipinski definition) is 3. The van der Waals surface area contributed by atoms with Gasteiger partial charge in [-0.15, -0.1) is 0 Å². The summed E-state index contributed by atoms with van der Waals surface area (Å²) in [4.78, 5) is 11.0. The highest BCUT2D eigenvalue weighted by molar-refractivity contribution is 9.10. The van der Waals surface area contributed by atoms with Crippen molar-refractivity contribution in [2.45, 2.75) is 0 Å². The Labute approximate surface area is 126 Å². The van der Waals surface area contributed by atoms with Crippen molar-refractivity contribution in [1.29, 1.82) is 5.41 Å². The van der Waals surface area contributed by atoms with Crippen molar-refractivity contribution < 1.29 is 9.90 Å². The van der Waals surface area contributed by atoms with Gasteiger partial charge in [0.2, 0.25) is 0 Å². The quantitative estimate of drug-likeness (QED) is 0.738. The van der Waals surface area contributed by atoms with Gasteiger partial charge in [-0.05, 0) is 36.4 Å². The summed E-state index contributed by atoms with van der Waals surface area (Å²) >= 11 is 3.28. The standard InChI is InChI=1S/C8H8BrNO.C7H7NO/c1-10-8(11)6-2-4-7(9)5-3-6;8-5-6-3-1-2-4-7(6)9/h2-5H,1H3,(H,10,11);1-5,8-9H. The number of carbonyl (C=O) groups is 1. The number of para-hydroxylation sites is 1. The van der Waals surface area contributed by atoms with E-state index in [1.165, 1.54) is 0 Å². The Kier molecular flexibility index (Phi) is 6.46. The Bertz CT molecular complexity index is 583. The predicted molar refractivity (Wildman–Crippen MR) is 83.5 cm³/mol. The van der Waals surface area contributed by atoms with Gasteiger partial charge in [-0.3, -0.25) is 4.79 Å². The summed E-state index contributed by atoms with van der Waals surface area (Å²) in [5.74, 6) is 0.102. The molecule has 0 atom stereocenters. The van der Waals surface area contributed by atoms with Crippen LogP contribution in [0, 0.1) is 5.41 Å². The lowest BCUT2D eigenvalue weighted by Crippen LogP contribution is -2.17. The minimum absolute atomic E-state index is 0.0579. The average Bonchev–Trinajstić information content (AvgIpc) is 2.48. The van der Waals surface area contributed by atoms with Crippen LogP contribution in [0.3, 0.4) is 0 Å². The van der Waals surface area contributed by atoms with Crippen LogP contribution in [0.1, 0.15) is 15.9 Å². The maximum absolute atomic E-state index is 11.0. The fraction of sp³-hybridized carbons (Fsp3) is 0.0667. The van der Waals surface area contributed by atoms with Crippen molar-refractivity contribution in [2.75, 3.05) is 7.05 Å². The molecular weight excluding hydrogens is 320 g/mol. The van der Waals surface area contributed by atoms with Crippen molar-refractivity contribution in [3.8, 4) is 5.75 Å². The second kappa shape index (κ2) is 8.12. The number of halogens is 1. The van der Waals surface area contributed by atoms with Crippen LogP contribution in [-0.4, -0.2) is 24.3 Å². The molecule has 0 aliphatic carbocycles. The van der Waals surface area contributed by atoms with Crippen molar-refractivity contribution >= 4 is 28.1 Å². The van der Waals surface area contributed by atoms with Gasteiger partial charge in [0, 0.05) is 28.9 Å². The summed E-state index contributed by atoms with van der Waals surface area (Å²) in [5.41, 5.74) is 1.23. The highest BCUT2D eigenvalue weighted by Gasteiger charge is 1.99. The summed E-state index contributed by atoms with van der Waals surface area (Å²) in [6.45, 7) is 0. The largest absolute Gasteiger partial charge is 0.507 e. The Balaban J connectivity index is 0.000000204. The van der Waals surface area contributed by atoms with E-state index in [2.05, 4.69) is 21.2 Å². The first kappa shape index (κ1) is 15.9. The summed E-state index contributed by atoms with van der Waals surface area (Å²) < 4.78 is 0.977. The molecule has 0 aliphatic rings. The van der Waals surface area contributed by atoms with Gasteiger partial charge in [-0.25, -0.2) is 0 Å². The molecule has 1 amide bonds. The molecule has 0 radical (unpaired) electrons. The minimum Gasteiger partial charge on any atom is -0.507 e. The van der Waals surface area contributed by atoms with Crippen LogP contribution in [0.25, 0.3) is 0 Å². The van der Waals surface area contributed by atoms with Gasteiger partial charge < -0.3 is 15.8 Å². The number of rotatable bonds is 2. The van der Waals surface area contributed by atoms with E-state index in [0.717, 1.165) is 10.7 Å². The van der Waals surface area contributed by atoms with Crippen LogP contribution in [0.5, 0.6) is 5.75 Å². The maximum Gasteiger partial charge on any atom is 0.251 e. The zero-order valence-corrected chi connectivity index (χ0v) is 12.5. The number of benzene rings is 2. The highest BCUT2D eigenvalue weighted by atomic mass is 79.9. The van der Waals surface area contributed by atoms with E-state index < -0.39 is 0 Å². The van der Waals surface area contributed by atoms with Crippen molar-refractivity contribution in [1.82, 2.24) is 5.32 Å². The van der Waals surface area contributed by atoms with Crippen LogP contribution in [-0.2, 0) is 0 Å². The highest BCUT2D eigenvalue weighted by Crippen LogP contribution is 2.11. The fourth-order valence-corrected chi connectivity index (χ4v) is 1.62. The smallest absolute Gasteiger partial charge is 0.251 e. The Hall–Kier alpha value is -2.14. The van der Waals surface area contributed by atoms with E-state index >= 15 is 0 Å². The second-order valence-corrected chi connectivity index (χ2v) is 4.70. The maximum atomic E-state index is 11.0. The molecule has 2 aromatic carbocycles. The number of phenols is 1. The molecule has 0 heterocycles. The van der Waals surface area contributed by atoms with E-state index in [1.54, 1.807) is 43.4 Å². The van der Waals surface area contributed by atoms with E-state index in [4.69, 9.17) is 10.5 Å². The lowest BCUT2D eigenvalue weighted by molar-refractivity contribution is 0.0963. The Morgan fingerprint density at radius 3 is 2.25 bits per heavy atom. The summed E-state index contributed by atoms with van der Waals surface area (Å²) in [5, 5.41) is 18.3. The summed E-state index contributed by atoms with van der Waals surface area (Å²) in [6, 6.07) is 14.0. The Morgan fingerprint density at radius 1 is 1.20 bits per heavy atom. The van der Waals surface area contributed by atoms with E-state index in [9.17, 15) is 4.79 Å². The zero-order valence-electron chi connectivity index (χ0n) is 10.9. The topological polar surface area (TPSA) is 73.2 Å². The van der Waals surface area contributed by atoms with E-state index in [-0.39, 0.29) is 11.7 Å². The molecule has 2 rings (SSSR count). The summed E-state index contributed by atoms with van der Waals surface area (Å²) in [7, 11) is 1.62. The van der Waals surface area contributed by atoms with Gasteiger partial charge in [-0.2, -0.15) is 0 Å². The number of aromatic hydroxyl groups is 1. The number of hydrogen-bond acceptors (Lipinski definition) is 3. The molecule has 20 heavy (non-hydrogen) atoms. The van der Waals surface area contributed by atoms with Crippen LogP contribution in [0.15, 0.2) is 53.0 Å². The van der Waals surface area contributed by atoms with Gasteiger partial charge >= 0.3 is 0 Å². The normalized spacial score (nSPS) is 9.10. The predicted octanol–water partition coefficient (Wildman–Crippen LogP) is 3.20. The lowest BCUT2D eigenvalue weighted by Gasteiger charge is -1.97. The first-order chi connectivity index (χ1) is 9.58. The number of amides is 1. The van der Waals surface area contributed by atoms with Gasteiger partial charge in [-0.1, -0.05) is 28.1 Å². The molecule has 0 aromatic heterocycles. The number of carbonyl (C=O) groups excluding carboxylic acids is 1. The van der Waals surface area contributed by atoms with Crippen molar-refractivity contribution in [3.63, 3.8) is 0 Å². The molecule has 0 saturated carbocycles. The van der Waals surface area contributed by atoms with E-state index in [1.807, 2.05) is 12.1 Å². The number of phenolic OH excluding ortho intramolecular Hbond substituents is 1. The van der Waals surface area contributed by atoms with Gasteiger partial charge in [0.25, 0.3) is 5.91 Å². The molecule has 0 saturated heterocycles. The second-order valence-electron chi connectivity index (χ2n) is 3.79. The lowest BCUT2D eigenvalue weighted by atomic mass is 10.2. The number of nitrogens with one attached hydrogen (secondary N) is 2. The van der Waals surface area contributed by atoms with E-state index in [0.29, 0.717) is 11.1 Å². The fourth-order valence-electron chi connectivity index (χ4n) is 1.36. The average molecular weight is 335 g/mol. The molecule has 0 bridgehead atoms. The first-order valence-electron chi connectivity index (χ1n) is 5.84. The van der Waals surface area contributed by atoms with Crippen LogP contribution in [0.4, 0.5) is 0 Å². The van der Waals surface area contributed by atoms with Crippen LogP contribution >= 0.6 is 15.9 Å². The van der Waals surface area contributed by atoms with Crippen LogP contribution in [0.2, 0.25) is 0 Å². The first-order valence-corrected chi connectivity index (χ1v) is 6.64. The third-order valence-corrected chi connectivity index (χ3v) is 2.95. The Morgan fingerprint density at radius 2 is 1.80 bits per heavy atom. The molecule has 0 unspecified atom stereocenters. The monoisotopic (exact) mass is 334 g/mol. The van der Waals surface area contributed by atoms with Crippen molar-refractivity contribution in [2.24, 2.45) is 0 Å². The van der Waals surface area contributed by atoms with Gasteiger partial charge in [0.05, 0.1) is 0 Å². The molecule has 104 valence electrons. The molecule has 0 spiro atoms. The van der Waals surface area contributed by atoms with Crippen molar-refractivity contribution in [3.05, 3.63) is 64.1 Å². The molecule has 0 aliphatic heterocycles. The molecule has 2 aromatic rings. The SMILES string of the molecule is CNC(=O)c1ccc(Br)cc1.N=Cc1ccccc1O. The molecular formula is C15H15BrN2O2. The van der Waals surface area contributed by atoms with Gasteiger partial charge in [0.15, 0.2) is 0 Å². The minimum atomic E-state index is -0.0579. The molecule has 0 fully saturated rings. The third kappa shape index (κ3) is 4.85. The molecule has 4 nitrogen and oxygen atoms in total. The third-order valence-electron chi connectivity index (χ3n) is 2.43. The molecule has 5 heteroatoms. The van der Waals surface area contributed by atoms with Gasteiger partial charge in [0.1, 0.15) is 5.75 Å². The zero-order chi connectivity index (χ0) is 15.0. The summed E-state index contributed by atoms with van der Waals surface area (Å²) in [6.07, 6.45) is 1.12. The van der Waals surface area contributed by atoms with Crippen LogP contribution < -0.4 is 5.32 Å².